The fourth-order valence-electron chi connectivity index (χ4n) is 6.18. The van der Waals surface area contributed by atoms with Gasteiger partial charge in [-0.1, -0.05) is 40.7 Å². The zero-order chi connectivity index (χ0) is 25.5. The maximum Gasteiger partial charge on any atom is 0.265 e. The molecule has 36 heavy (non-hydrogen) atoms. The molecule has 3 aromatic heterocycles. The van der Waals surface area contributed by atoms with Crippen LogP contribution >= 0.6 is 0 Å². The van der Waals surface area contributed by atoms with E-state index in [2.05, 4.69) is 54.8 Å². The Balaban J connectivity index is 1.48. The lowest BCUT2D eigenvalue weighted by Crippen LogP contribution is -2.38. The van der Waals surface area contributed by atoms with Crippen molar-refractivity contribution in [1.82, 2.24) is 25.1 Å². The number of oxazole rings is 1. The third-order valence-electron chi connectivity index (χ3n) is 8.16. The van der Waals surface area contributed by atoms with Crippen LogP contribution in [0.3, 0.4) is 0 Å². The number of halogens is 2. The number of hydrogen-bond acceptors (Lipinski definition) is 6. The lowest BCUT2D eigenvalue weighted by Gasteiger charge is -2.37. The van der Waals surface area contributed by atoms with E-state index >= 15 is 0 Å². The van der Waals surface area contributed by atoms with Crippen LogP contribution in [-0.4, -0.2) is 25.1 Å². The van der Waals surface area contributed by atoms with Crippen molar-refractivity contribution in [3.63, 3.8) is 0 Å². The van der Waals surface area contributed by atoms with Gasteiger partial charge in [0.15, 0.2) is 0 Å². The van der Waals surface area contributed by atoms with Gasteiger partial charge in [0.25, 0.3) is 5.89 Å². The molecule has 1 saturated carbocycles. The van der Waals surface area contributed by atoms with Gasteiger partial charge in [0, 0.05) is 11.6 Å². The van der Waals surface area contributed by atoms with Crippen LogP contribution in [0.5, 0.6) is 0 Å². The quantitative estimate of drug-likeness (QED) is 0.334. The first kappa shape index (κ1) is 22.9. The average Bonchev–Trinajstić information content (AvgIpc) is 3.48. The lowest BCUT2D eigenvalue weighted by atomic mass is 9.66. The van der Waals surface area contributed by atoms with Crippen LogP contribution in [-0.2, 0) is 10.8 Å². The van der Waals surface area contributed by atoms with Gasteiger partial charge in [0.05, 0.1) is 33.8 Å². The van der Waals surface area contributed by atoms with Gasteiger partial charge in [-0.2, -0.15) is 5.10 Å². The van der Waals surface area contributed by atoms with Crippen molar-refractivity contribution in [1.29, 1.82) is 0 Å². The molecule has 3 heterocycles. The molecule has 0 saturated heterocycles. The molecule has 0 unspecified atom stereocenters. The maximum absolute atomic E-state index is 14.5. The SMILES string of the molecule is CC(C)(C)c1coc(-c2nccc([C@@]34CC[C@@H](c5cc(-c6c(F)cccc6F)nnc53)C4(C)C)n2)n1. The number of fused-ring (bicyclic) bond motifs is 5. The Hall–Kier alpha value is -3.55. The van der Waals surface area contributed by atoms with Crippen LogP contribution in [0.4, 0.5) is 8.78 Å². The highest BCUT2D eigenvalue weighted by Crippen LogP contribution is 2.69. The lowest BCUT2D eigenvalue weighted by molar-refractivity contribution is 0.242. The Morgan fingerprint density at radius 2 is 1.78 bits per heavy atom. The van der Waals surface area contributed by atoms with Crippen LogP contribution in [0.1, 0.15) is 76.0 Å². The molecule has 0 radical (unpaired) electrons. The molecule has 0 amide bonds. The van der Waals surface area contributed by atoms with Crippen LogP contribution in [0.2, 0.25) is 0 Å². The number of nitrogens with zero attached hydrogens (tertiary/aromatic N) is 5. The van der Waals surface area contributed by atoms with Gasteiger partial charge >= 0.3 is 0 Å². The zero-order valence-electron chi connectivity index (χ0n) is 20.9. The molecular formula is C28H27F2N5O. The number of hydrogen-bond donors (Lipinski definition) is 0. The summed E-state index contributed by atoms with van der Waals surface area (Å²) in [4.78, 5) is 14.0. The van der Waals surface area contributed by atoms with Gasteiger partial charge in [0.2, 0.25) is 5.82 Å². The first-order valence-electron chi connectivity index (χ1n) is 12.2. The Labute approximate surface area is 208 Å². The van der Waals surface area contributed by atoms with E-state index in [4.69, 9.17) is 9.40 Å². The Morgan fingerprint density at radius 1 is 1.03 bits per heavy atom. The molecular weight excluding hydrogens is 460 g/mol. The van der Waals surface area contributed by atoms with Crippen molar-refractivity contribution in [2.75, 3.05) is 0 Å². The monoisotopic (exact) mass is 487 g/mol. The molecule has 6 rings (SSSR count). The Morgan fingerprint density at radius 3 is 2.47 bits per heavy atom. The summed E-state index contributed by atoms with van der Waals surface area (Å²) < 4.78 is 34.8. The van der Waals surface area contributed by atoms with Crippen molar-refractivity contribution in [3.05, 3.63) is 77.1 Å². The molecule has 0 aliphatic heterocycles. The molecule has 8 heteroatoms. The summed E-state index contributed by atoms with van der Waals surface area (Å²) >= 11 is 0. The number of benzene rings is 1. The first-order valence-corrected chi connectivity index (χ1v) is 12.2. The fourth-order valence-corrected chi connectivity index (χ4v) is 6.18. The van der Waals surface area contributed by atoms with E-state index in [0.717, 1.165) is 35.5 Å². The van der Waals surface area contributed by atoms with Gasteiger partial charge in [-0.3, -0.25) is 0 Å². The molecule has 184 valence electrons. The molecule has 2 atom stereocenters. The van der Waals surface area contributed by atoms with E-state index in [9.17, 15) is 8.78 Å². The molecule has 4 aromatic rings. The highest BCUT2D eigenvalue weighted by molar-refractivity contribution is 5.64. The summed E-state index contributed by atoms with van der Waals surface area (Å²) in [6.45, 7) is 10.6. The summed E-state index contributed by atoms with van der Waals surface area (Å²) in [6.07, 6.45) is 5.14. The van der Waals surface area contributed by atoms with Crippen molar-refractivity contribution < 1.29 is 13.2 Å². The Kier molecular flexibility index (Phi) is 4.75. The summed E-state index contributed by atoms with van der Waals surface area (Å²) in [5.74, 6) is -0.350. The largest absolute Gasteiger partial charge is 0.442 e. The molecule has 0 N–H and O–H groups in total. The van der Waals surface area contributed by atoms with Crippen LogP contribution in [0, 0.1) is 17.0 Å². The highest BCUT2D eigenvalue weighted by atomic mass is 19.1. The minimum Gasteiger partial charge on any atom is -0.442 e. The second kappa shape index (κ2) is 7.48. The van der Waals surface area contributed by atoms with Crippen LogP contribution in [0.15, 0.2) is 47.2 Å². The molecule has 2 aliphatic rings. The summed E-state index contributed by atoms with van der Waals surface area (Å²) in [7, 11) is 0. The van der Waals surface area contributed by atoms with Crippen molar-refractivity contribution in [3.8, 4) is 23.0 Å². The number of aromatic nitrogens is 5. The average molecular weight is 488 g/mol. The van der Waals surface area contributed by atoms with E-state index in [0.29, 0.717) is 11.7 Å². The Bertz CT molecular complexity index is 1490. The van der Waals surface area contributed by atoms with E-state index in [1.54, 1.807) is 12.5 Å². The van der Waals surface area contributed by atoms with Gasteiger partial charge in [-0.05, 0) is 54.0 Å². The first-order chi connectivity index (χ1) is 17.0. The predicted molar refractivity (Wildman–Crippen MR) is 130 cm³/mol. The van der Waals surface area contributed by atoms with Gasteiger partial charge < -0.3 is 4.42 Å². The topological polar surface area (TPSA) is 77.6 Å². The van der Waals surface area contributed by atoms with E-state index in [-0.39, 0.29) is 28.0 Å². The van der Waals surface area contributed by atoms with Crippen molar-refractivity contribution >= 4 is 0 Å². The van der Waals surface area contributed by atoms with Gasteiger partial charge in [-0.15, -0.1) is 5.10 Å². The predicted octanol–water partition coefficient (Wildman–Crippen LogP) is 6.37. The van der Waals surface area contributed by atoms with E-state index in [1.165, 1.54) is 18.2 Å². The smallest absolute Gasteiger partial charge is 0.265 e. The van der Waals surface area contributed by atoms with E-state index < -0.39 is 17.0 Å². The van der Waals surface area contributed by atoms with Crippen molar-refractivity contribution in [2.45, 2.75) is 64.2 Å². The third kappa shape index (κ3) is 3.02. The molecule has 2 bridgehead atoms. The summed E-state index contributed by atoms with van der Waals surface area (Å²) in [5.41, 5.74) is 2.60. The minimum absolute atomic E-state index is 0.148. The molecule has 6 nitrogen and oxygen atoms in total. The minimum atomic E-state index is -0.651. The van der Waals surface area contributed by atoms with Crippen LogP contribution in [0.25, 0.3) is 23.0 Å². The molecule has 0 spiro atoms. The second-order valence-corrected chi connectivity index (χ2v) is 11.4. The summed E-state index contributed by atoms with van der Waals surface area (Å²) in [6, 6.07) is 7.55. The molecule has 1 aromatic carbocycles. The zero-order valence-corrected chi connectivity index (χ0v) is 20.9. The van der Waals surface area contributed by atoms with Crippen molar-refractivity contribution in [2.24, 2.45) is 5.41 Å². The van der Waals surface area contributed by atoms with Gasteiger partial charge in [0.1, 0.15) is 17.9 Å². The van der Waals surface area contributed by atoms with E-state index in [1.807, 2.05) is 12.1 Å². The molecule has 1 fully saturated rings. The second-order valence-electron chi connectivity index (χ2n) is 11.4. The summed E-state index contributed by atoms with van der Waals surface area (Å²) in [5, 5.41) is 8.90. The maximum atomic E-state index is 14.5. The fraction of sp³-hybridized carbons (Fsp3) is 0.393. The molecule has 2 aliphatic carbocycles. The standard InChI is InChI=1S/C28H27F2N5O/c1-26(2,3)21-14-36-25(33-21)24-31-12-10-20(32-24)28-11-9-16(27(28,4)5)15-13-19(34-35-23(15)28)22-17(29)7-6-8-18(22)30/h6-8,10,12-14,16H,9,11H2,1-5H3/t16-,28-/m0/s1. The third-order valence-corrected chi connectivity index (χ3v) is 8.16. The van der Waals surface area contributed by atoms with Gasteiger partial charge in [-0.25, -0.2) is 23.7 Å². The van der Waals surface area contributed by atoms with Crippen LogP contribution < -0.4 is 0 Å². The normalized spacial score (nSPS) is 22.1. The number of rotatable bonds is 3. The highest BCUT2D eigenvalue weighted by Gasteiger charge is 2.65.